The van der Waals surface area contributed by atoms with E-state index in [4.69, 9.17) is 9.47 Å². The lowest BCUT2D eigenvalue weighted by atomic mass is 10.0. The number of oxime groups is 1. The molecule has 2 N–H and O–H groups in total. The summed E-state index contributed by atoms with van der Waals surface area (Å²) >= 11 is 0. The van der Waals surface area contributed by atoms with Crippen molar-refractivity contribution >= 4 is 24.1 Å². The molecule has 0 aliphatic carbocycles. The van der Waals surface area contributed by atoms with E-state index in [0.717, 1.165) is 6.42 Å². The smallest absolute Gasteiger partial charge is 0.342 e. The third-order valence-electron chi connectivity index (χ3n) is 4.53. The number of hydrogen-bond donors (Lipinski definition) is 2. The average molecular weight is 456 g/mol. The highest BCUT2D eigenvalue weighted by Crippen LogP contribution is 2.24. The van der Waals surface area contributed by atoms with Crippen molar-refractivity contribution in [3.05, 3.63) is 65.9 Å². The number of carbonyl (C=O) groups is 3. The molecule has 0 spiro atoms. The van der Waals surface area contributed by atoms with Gasteiger partial charge in [0.05, 0.1) is 19.2 Å². The number of rotatable bonds is 6. The van der Waals surface area contributed by atoms with Gasteiger partial charge < -0.3 is 24.7 Å². The van der Waals surface area contributed by atoms with Gasteiger partial charge >= 0.3 is 11.9 Å². The Balaban J connectivity index is 2.10. The first-order chi connectivity index (χ1) is 16.0. The number of benzene rings is 1. The van der Waals surface area contributed by atoms with E-state index in [1.54, 1.807) is 18.2 Å². The van der Waals surface area contributed by atoms with Gasteiger partial charge in [-0.05, 0) is 37.0 Å². The summed E-state index contributed by atoms with van der Waals surface area (Å²) in [5.74, 6) is -1.82. The molecule has 0 radical (unpaired) electrons. The van der Waals surface area contributed by atoms with Crippen LogP contribution in [0.4, 0.5) is 0 Å². The van der Waals surface area contributed by atoms with Gasteiger partial charge in [-0.25, -0.2) is 4.79 Å². The fourth-order valence-electron chi connectivity index (χ4n) is 2.97. The number of hydrogen-bond acceptors (Lipinski definition) is 8. The summed E-state index contributed by atoms with van der Waals surface area (Å²) in [4.78, 5) is 41.2. The number of carbonyl (C=O) groups excluding carboxylic acids is 3. The predicted octanol–water partition coefficient (Wildman–Crippen LogP) is 2.95. The van der Waals surface area contributed by atoms with Crippen molar-refractivity contribution in [2.24, 2.45) is 5.16 Å². The third kappa shape index (κ3) is 9.42. The van der Waals surface area contributed by atoms with Gasteiger partial charge in [-0.15, -0.1) is 0 Å². The number of phenols is 1. The number of esters is 2. The van der Waals surface area contributed by atoms with E-state index in [1.165, 1.54) is 37.7 Å². The molecule has 1 heterocycles. The minimum Gasteiger partial charge on any atom is -0.507 e. The number of nitrogens with one attached hydrogen (secondary N) is 1. The standard InChI is InChI=1S/C24H28N2O7/c1-31-26-15-8-13-21(28)25-14-7-11-19-17-22(29)32-16-5-3-2-4-9-18-10-6-12-20(27)23(18)24(30)33-19/h2,4,6-8,10,12-15,19,27H,3,5,9,11,16-17H2,1H3,(H,25,28)/b4-2-,13-8+,14-7+,26-15+/t19-/m0/s1. The zero-order chi connectivity index (χ0) is 23.9. The second-order valence-corrected chi connectivity index (χ2v) is 7.02. The topological polar surface area (TPSA) is 124 Å². The molecule has 0 saturated heterocycles. The molecule has 0 aromatic heterocycles. The van der Waals surface area contributed by atoms with Crippen LogP contribution in [0.2, 0.25) is 0 Å². The first-order valence-corrected chi connectivity index (χ1v) is 10.5. The van der Waals surface area contributed by atoms with Crippen molar-refractivity contribution in [1.29, 1.82) is 0 Å². The molecule has 33 heavy (non-hydrogen) atoms. The van der Waals surface area contributed by atoms with Crippen LogP contribution in [0.5, 0.6) is 5.75 Å². The molecule has 9 nitrogen and oxygen atoms in total. The van der Waals surface area contributed by atoms with E-state index in [-0.39, 0.29) is 30.8 Å². The number of amides is 1. The summed E-state index contributed by atoms with van der Waals surface area (Å²) in [5.41, 5.74) is 0.693. The Kier molecular flexibility index (Phi) is 10.9. The van der Waals surface area contributed by atoms with Crippen molar-refractivity contribution in [2.75, 3.05) is 13.7 Å². The van der Waals surface area contributed by atoms with Gasteiger partial charge in [0.15, 0.2) is 0 Å². The molecule has 2 rings (SSSR count). The van der Waals surface area contributed by atoms with E-state index >= 15 is 0 Å². The summed E-state index contributed by atoms with van der Waals surface area (Å²) < 4.78 is 10.8. The fourth-order valence-corrected chi connectivity index (χ4v) is 2.97. The minimum absolute atomic E-state index is 0.0673. The lowest BCUT2D eigenvalue weighted by Gasteiger charge is -2.18. The minimum atomic E-state index is -0.839. The molecule has 0 fully saturated rings. The van der Waals surface area contributed by atoms with Crippen LogP contribution in [-0.2, 0) is 30.3 Å². The largest absolute Gasteiger partial charge is 0.507 e. The number of nitrogens with zero attached hydrogens (tertiary/aromatic N) is 1. The first-order valence-electron chi connectivity index (χ1n) is 10.5. The van der Waals surface area contributed by atoms with Crippen LogP contribution < -0.4 is 5.32 Å². The molecule has 1 aromatic rings. The van der Waals surface area contributed by atoms with Gasteiger partial charge in [0.2, 0.25) is 5.91 Å². The van der Waals surface area contributed by atoms with E-state index in [0.29, 0.717) is 18.4 Å². The SMILES string of the molecule is CO/N=C/C=C/C(=O)N/C=C/C[C@H]1CC(=O)OCCC/C=C\Cc2cccc(O)c2C(=O)O1. The van der Waals surface area contributed by atoms with Crippen molar-refractivity contribution in [2.45, 2.75) is 38.2 Å². The highest BCUT2D eigenvalue weighted by Gasteiger charge is 2.23. The van der Waals surface area contributed by atoms with Crippen LogP contribution in [0.25, 0.3) is 0 Å². The monoisotopic (exact) mass is 456 g/mol. The van der Waals surface area contributed by atoms with E-state index in [1.807, 2.05) is 12.2 Å². The average Bonchev–Trinajstić information content (AvgIpc) is 2.78. The molecule has 0 bridgehead atoms. The molecule has 1 atom stereocenters. The summed E-state index contributed by atoms with van der Waals surface area (Å²) in [7, 11) is 1.39. The maximum Gasteiger partial charge on any atom is 0.342 e. The van der Waals surface area contributed by atoms with E-state index < -0.39 is 23.9 Å². The molecule has 9 heteroatoms. The van der Waals surface area contributed by atoms with Gasteiger partial charge in [0.25, 0.3) is 0 Å². The van der Waals surface area contributed by atoms with Gasteiger partial charge in [-0.3, -0.25) is 9.59 Å². The Morgan fingerprint density at radius 1 is 1.33 bits per heavy atom. The van der Waals surface area contributed by atoms with Gasteiger partial charge in [-0.2, -0.15) is 0 Å². The van der Waals surface area contributed by atoms with Crippen LogP contribution in [0.3, 0.4) is 0 Å². The Hall–Kier alpha value is -3.88. The lowest BCUT2D eigenvalue weighted by Crippen LogP contribution is -2.24. The van der Waals surface area contributed by atoms with E-state index in [9.17, 15) is 19.5 Å². The zero-order valence-corrected chi connectivity index (χ0v) is 18.4. The molecule has 1 aliphatic heterocycles. The normalized spacial score (nSPS) is 19.0. The number of aromatic hydroxyl groups is 1. The van der Waals surface area contributed by atoms with Crippen molar-refractivity contribution in [1.82, 2.24) is 5.32 Å². The Bertz CT molecular complexity index is 935. The number of fused-ring (bicyclic) bond motifs is 1. The molecule has 1 aromatic carbocycles. The van der Waals surface area contributed by atoms with Crippen LogP contribution >= 0.6 is 0 Å². The van der Waals surface area contributed by atoms with E-state index in [2.05, 4.69) is 15.3 Å². The quantitative estimate of drug-likeness (QED) is 0.222. The fraction of sp³-hybridized carbons (Fsp3) is 0.333. The van der Waals surface area contributed by atoms with Crippen molar-refractivity contribution in [3.8, 4) is 5.75 Å². The molecule has 1 aliphatic rings. The first kappa shape index (κ1) is 25.4. The highest BCUT2D eigenvalue weighted by molar-refractivity contribution is 5.94. The number of cyclic esters (lactones) is 2. The summed E-state index contributed by atoms with van der Waals surface area (Å²) in [5, 5.41) is 16.2. The van der Waals surface area contributed by atoms with Crippen LogP contribution in [-0.4, -0.2) is 49.0 Å². The number of ether oxygens (including phenoxy) is 2. The summed E-state index contributed by atoms with van der Waals surface area (Å²) in [6, 6.07) is 4.82. The second kappa shape index (κ2) is 14.2. The zero-order valence-electron chi connectivity index (χ0n) is 18.4. The Morgan fingerprint density at radius 3 is 3.00 bits per heavy atom. The second-order valence-electron chi connectivity index (χ2n) is 7.02. The third-order valence-corrected chi connectivity index (χ3v) is 4.53. The van der Waals surface area contributed by atoms with Crippen LogP contribution in [0.15, 0.2) is 59.9 Å². The lowest BCUT2D eigenvalue weighted by molar-refractivity contribution is -0.146. The highest BCUT2D eigenvalue weighted by atomic mass is 16.6. The van der Waals surface area contributed by atoms with Gasteiger partial charge in [-0.1, -0.05) is 35.5 Å². The Labute approximate surface area is 192 Å². The van der Waals surface area contributed by atoms with Crippen LogP contribution in [0, 0.1) is 0 Å². The molecule has 1 amide bonds. The van der Waals surface area contributed by atoms with Gasteiger partial charge in [0, 0.05) is 18.7 Å². The molecule has 0 unspecified atom stereocenters. The number of phenolic OH excluding ortho intramolecular Hbond substituents is 1. The van der Waals surface area contributed by atoms with Crippen LogP contribution in [0.1, 0.15) is 41.6 Å². The van der Waals surface area contributed by atoms with Crippen molar-refractivity contribution in [3.63, 3.8) is 0 Å². The van der Waals surface area contributed by atoms with Gasteiger partial charge in [0.1, 0.15) is 24.5 Å². The maximum atomic E-state index is 12.8. The molecular formula is C24H28N2O7. The number of allylic oxidation sites excluding steroid dienone is 3. The Morgan fingerprint density at radius 2 is 2.18 bits per heavy atom. The molecular weight excluding hydrogens is 428 g/mol. The predicted molar refractivity (Wildman–Crippen MR) is 122 cm³/mol. The molecule has 0 saturated carbocycles. The maximum absolute atomic E-state index is 12.8. The summed E-state index contributed by atoms with van der Waals surface area (Å²) in [6.07, 6.45) is 11.8. The molecule has 176 valence electrons. The summed E-state index contributed by atoms with van der Waals surface area (Å²) in [6.45, 7) is 0.270. The van der Waals surface area contributed by atoms with Crippen molar-refractivity contribution < 1.29 is 33.8 Å².